The highest BCUT2D eigenvalue weighted by Gasteiger charge is 1.99. The predicted octanol–water partition coefficient (Wildman–Crippen LogP) is 5.32. The monoisotopic (exact) mass is 291 g/mol. The summed E-state index contributed by atoms with van der Waals surface area (Å²) in [5.41, 5.74) is 1.12. The van der Waals surface area contributed by atoms with Crippen molar-refractivity contribution in [3.8, 4) is 0 Å². The molecular weight excluding hydrogens is 258 g/mol. The highest BCUT2D eigenvalue weighted by atomic mass is 15.4. The summed E-state index contributed by atoms with van der Waals surface area (Å²) in [6.07, 6.45) is 20.2. The molecule has 1 heterocycles. The molecular formula is C18H33N3. The lowest BCUT2D eigenvalue weighted by Gasteiger charge is -2.02. The average molecular weight is 291 g/mol. The van der Waals surface area contributed by atoms with Gasteiger partial charge in [-0.05, 0) is 12.8 Å². The van der Waals surface area contributed by atoms with Crippen molar-refractivity contribution in [2.45, 2.75) is 90.5 Å². The molecule has 0 spiro atoms. The number of nitrogens with zero attached hydrogens (tertiary/aromatic N) is 3. The molecule has 21 heavy (non-hydrogen) atoms. The molecule has 3 nitrogen and oxygen atoms in total. The molecule has 3 heteroatoms. The largest absolute Gasteiger partial charge is 0.248 e. The van der Waals surface area contributed by atoms with Crippen molar-refractivity contribution in [1.82, 2.24) is 15.0 Å². The molecule has 0 aromatic carbocycles. The van der Waals surface area contributed by atoms with Crippen molar-refractivity contribution in [3.05, 3.63) is 24.5 Å². The van der Waals surface area contributed by atoms with Crippen LogP contribution in [0.3, 0.4) is 0 Å². The van der Waals surface area contributed by atoms with Crippen LogP contribution in [-0.4, -0.2) is 15.0 Å². The maximum Gasteiger partial charge on any atom is 0.0827 e. The molecule has 0 aliphatic rings. The summed E-state index contributed by atoms with van der Waals surface area (Å²) >= 11 is 0. The highest BCUT2D eigenvalue weighted by Crippen LogP contribution is 2.12. The average Bonchev–Trinajstić information content (AvgIpc) is 2.93. The van der Waals surface area contributed by atoms with Gasteiger partial charge in [0, 0.05) is 6.20 Å². The van der Waals surface area contributed by atoms with Crippen LogP contribution in [0, 0.1) is 0 Å². The van der Waals surface area contributed by atoms with E-state index in [1.54, 1.807) is 0 Å². The molecule has 0 saturated carbocycles. The fourth-order valence-electron chi connectivity index (χ4n) is 2.64. The molecule has 1 aromatic heterocycles. The van der Waals surface area contributed by atoms with Gasteiger partial charge in [-0.15, -0.1) is 11.7 Å². The van der Waals surface area contributed by atoms with E-state index in [1.165, 1.54) is 70.6 Å². The Morgan fingerprint density at radius 1 is 0.952 bits per heavy atom. The van der Waals surface area contributed by atoms with Gasteiger partial charge in [0.25, 0.3) is 0 Å². The fraction of sp³-hybridized carbons (Fsp3) is 0.778. The molecule has 1 aromatic rings. The zero-order valence-electron chi connectivity index (χ0n) is 13.9. The van der Waals surface area contributed by atoms with E-state index in [1.807, 2.05) is 17.0 Å². The second-order valence-corrected chi connectivity index (χ2v) is 6.01. The maximum atomic E-state index is 4.18. The Morgan fingerprint density at radius 2 is 1.52 bits per heavy atom. The standard InChI is InChI=1S/C18H33N3/c1-3-5-6-7-8-9-10-11-12-13-14-15-18-17-21(16-4-2)20-19-18/h4,17H,2-3,5-16H2,1H3. The zero-order valence-corrected chi connectivity index (χ0v) is 13.9. The lowest BCUT2D eigenvalue weighted by Crippen LogP contribution is -1.94. The minimum atomic E-state index is 0.755. The normalized spacial score (nSPS) is 10.9. The lowest BCUT2D eigenvalue weighted by molar-refractivity contribution is 0.548. The number of allylic oxidation sites excluding steroid dienone is 1. The fourth-order valence-corrected chi connectivity index (χ4v) is 2.64. The van der Waals surface area contributed by atoms with Crippen LogP contribution in [0.2, 0.25) is 0 Å². The van der Waals surface area contributed by atoms with Gasteiger partial charge in [-0.25, -0.2) is 4.68 Å². The smallest absolute Gasteiger partial charge is 0.0827 e. The summed E-state index contributed by atoms with van der Waals surface area (Å²) in [6.45, 7) is 6.74. The minimum absolute atomic E-state index is 0.755. The summed E-state index contributed by atoms with van der Waals surface area (Å²) in [4.78, 5) is 0. The number of rotatable bonds is 14. The Kier molecular flexibility index (Phi) is 10.8. The summed E-state index contributed by atoms with van der Waals surface area (Å²) in [5.74, 6) is 0. The van der Waals surface area contributed by atoms with Gasteiger partial charge < -0.3 is 0 Å². The van der Waals surface area contributed by atoms with E-state index in [4.69, 9.17) is 0 Å². The first-order valence-electron chi connectivity index (χ1n) is 8.86. The molecule has 0 aliphatic carbocycles. The molecule has 0 amide bonds. The van der Waals surface area contributed by atoms with Gasteiger partial charge in [-0.3, -0.25) is 0 Å². The molecule has 0 bridgehead atoms. The molecule has 0 atom stereocenters. The van der Waals surface area contributed by atoms with Crippen LogP contribution < -0.4 is 0 Å². The first-order chi connectivity index (χ1) is 10.4. The van der Waals surface area contributed by atoms with E-state index < -0.39 is 0 Å². The van der Waals surface area contributed by atoms with E-state index in [0.29, 0.717) is 0 Å². The topological polar surface area (TPSA) is 30.7 Å². The minimum Gasteiger partial charge on any atom is -0.248 e. The number of hydrogen-bond donors (Lipinski definition) is 0. The number of unbranched alkanes of at least 4 members (excludes halogenated alkanes) is 10. The second-order valence-electron chi connectivity index (χ2n) is 6.01. The molecule has 0 radical (unpaired) electrons. The SMILES string of the molecule is C=CCn1cc(CCCCCCCCCCCCC)nn1. The molecule has 1 rings (SSSR count). The van der Waals surface area contributed by atoms with Crippen molar-refractivity contribution in [3.63, 3.8) is 0 Å². The van der Waals surface area contributed by atoms with Gasteiger partial charge in [0.15, 0.2) is 0 Å². The lowest BCUT2D eigenvalue weighted by atomic mass is 10.0. The summed E-state index contributed by atoms with van der Waals surface area (Å²) in [5, 5.41) is 8.25. The Bertz CT molecular complexity index is 357. The van der Waals surface area contributed by atoms with Crippen LogP contribution in [0.1, 0.15) is 83.2 Å². The first kappa shape index (κ1) is 17.9. The third-order valence-electron chi connectivity index (χ3n) is 3.94. The Labute approximate surface area is 130 Å². The Balaban J connectivity index is 1.87. The van der Waals surface area contributed by atoms with Crippen LogP contribution in [0.15, 0.2) is 18.9 Å². The van der Waals surface area contributed by atoms with Crippen LogP contribution in [0.25, 0.3) is 0 Å². The molecule has 0 fully saturated rings. The van der Waals surface area contributed by atoms with E-state index in [-0.39, 0.29) is 0 Å². The van der Waals surface area contributed by atoms with E-state index in [2.05, 4.69) is 23.8 Å². The van der Waals surface area contributed by atoms with Gasteiger partial charge in [0.1, 0.15) is 0 Å². The van der Waals surface area contributed by atoms with Crippen molar-refractivity contribution in [2.75, 3.05) is 0 Å². The quantitative estimate of drug-likeness (QED) is 0.343. The van der Waals surface area contributed by atoms with Crippen LogP contribution >= 0.6 is 0 Å². The predicted molar refractivity (Wildman–Crippen MR) is 90.4 cm³/mol. The van der Waals surface area contributed by atoms with Crippen molar-refractivity contribution >= 4 is 0 Å². The van der Waals surface area contributed by atoms with Crippen molar-refractivity contribution < 1.29 is 0 Å². The molecule has 0 saturated heterocycles. The van der Waals surface area contributed by atoms with Crippen molar-refractivity contribution in [2.24, 2.45) is 0 Å². The van der Waals surface area contributed by atoms with Gasteiger partial charge in [0.05, 0.1) is 12.2 Å². The Hall–Kier alpha value is -1.12. The summed E-state index contributed by atoms with van der Waals surface area (Å²) in [7, 11) is 0. The van der Waals surface area contributed by atoms with Gasteiger partial charge in [-0.2, -0.15) is 0 Å². The van der Waals surface area contributed by atoms with Crippen LogP contribution in [0.5, 0.6) is 0 Å². The molecule has 0 N–H and O–H groups in total. The maximum absolute atomic E-state index is 4.18. The number of aryl methyl sites for hydroxylation is 1. The number of hydrogen-bond acceptors (Lipinski definition) is 2. The summed E-state index contributed by atoms with van der Waals surface area (Å²) < 4.78 is 1.85. The third-order valence-corrected chi connectivity index (χ3v) is 3.94. The van der Waals surface area contributed by atoms with Gasteiger partial charge >= 0.3 is 0 Å². The van der Waals surface area contributed by atoms with Gasteiger partial charge in [-0.1, -0.05) is 82.4 Å². The van der Waals surface area contributed by atoms with Crippen LogP contribution in [0.4, 0.5) is 0 Å². The Morgan fingerprint density at radius 3 is 2.10 bits per heavy atom. The molecule has 0 aliphatic heterocycles. The van der Waals surface area contributed by atoms with Crippen LogP contribution in [-0.2, 0) is 13.0 Å². The second kappa shape index (κ2) is 12.6. The zero-order chi connectivity index (χ0) is 15.2. The van der Waals surface area contributed by atoms with Crippen molar-refractivity contribution in [1.29, 1.82) is 0 Å². The number of aromatic nitrogens is 3. The van der Waals surface area contributed by atoms with E-state index >= 15 is 0 Å². The molecule has 0 unspecified atom stereocenters. The summed E-state index contributed by atoms with van der Waals surface area (Å²) in [6, 6.07) is 0. The molecule has 120 valence electrons. The highest BCUT2D eigenvalue weighted by molar-refractivity contribution is 4.92. The van der Waals surface area contributed by atoms with E-state index in [9.17, 15) is 0 Å². The first-order valence-corrected chi connectivity index (χ1v) is 8.86. The van der Waals surface area contributed by atoms with E-state index in [0.717, 1.165) is 18.7 Å². The third kappa shape index (κ3) is 9.43. The van der Waals surface area contributed by atoms with Gasteiger partial charge in [0.2, 0.25) is 0 Å².